The lowest BCUT2D eigenvalue weighted by Gasteiger charge is -2.23. The van der Waals surface area contributed by atoms with Crippen molar-refractivity contribution in [2.24, 2.45) is 5.92 Å². The summed E-state index contributed by atoms with van der Waals surface area (Å²) >= 11 is 18.1. The molecule has 2 unspecified atom stereocenters. The van der Waals surface area contributed by atoms with Gasteiger partial charge in [0.25, 0.3) is 0 Å². The van der Waals surface area contributed by atoms with Gasteiger partial charge >= 0.3 is 0 Å². The summed E-state index contributed by atoms with van der Waals surface area (Å²) < 4.78 is 0. The monoisotopic (exact) mass is 316 g/mol. The Labute approximate surface area is 128 Å². The van der Waals surface area contributed by atoms with Crippen molar-refractivity contribution < 1.29 is 0 Å². The van der Waals surface area contributed by atoms with E-state index in [4.69, 9.17) is 34.8 Å². The zero-order valence-corrected chi connectivity index (χ0v) is 12.7. The van der Waals surface area contributed by atoms with Gasteiger partial charge < -0.3 is 5.32 Å². The SMILES string of the molecule is N#CC1CCCCCC1Nc1cc(Cl)c(Cl)cc1Cl. The Kier molecular flexibility index (Phi) is 5.21. The van der Waals surface area contributed by atoms with Crippen LogP contribution in [0.4, 0.5) is 5.69 Å². The van der Waals surface area contributed by atoms with Crippen LogP contribution in [0.1, 0.15) is 32.1 Å². The van der Waals surface area contributed by atoms with Gasteiger partial charge in [-0.3, -0.25) is 0 Å². The molecular weight excluding hydrogens is 303 g/mol. The van der Waals surface area contributed by atoms with Crippen molar-refractivity contribution >= 4 is 40.5 Å². The number of benzene rings is 1. The number of anilines is 1. The Morgan fingerprint density at radius 2 is 1.68 bits per heavy atom. The van der Waals surface area contributed by atoms with Crippen LogP contribution < -0.4 is 5.32 Å². The van der Waals surface area contributed by atoms with Crippen molar-refractivity contribution in [3.63, 3.8) is 0 Å². The van der Waals surface area contributed by atoms with Crippen LogP contribution in [-0.2, 0) is 0 Å². The van der Waals surface area contributed by atoms with Crippen molar-refractivity contribution in [3.05, 3.63) is 27.2 Å². The second-order valence-electron chi connectivity index (χ2n) is 4.87. The first kappa shape index (κ1) is 14.8. The average Bonchev–Trinajstić information content (AvgIpc) is 2.61. The third kappa shape index (κ3) is 3.69. The quantitative estimate of drug-likeness (QED) is 0.575. The van der Waals surface area contributed by atoms with E-state index in [0.29, 0.717) is 15.1 Å². The lowest BCUT2D eigenvalue weighted by atomic mass is 9.96. The number of nitrogens with one attached hydrogen (secondary N) is 1. The van der Waals surface area contributed by atoms with E-state index in [-0.39, 0.29) is 12.0 Å². The molecule has 1 aromatic carbocycles. The minimum Gasteiger partial charge on any atom is -0.380 e. The summed E-state index contributed by atoms with van der Waals surface area (Å²) in [4.78, 5) is 0. The Morgan fingerprint density at radius 3 is 2.42 bits per heavy atom. The topological polar surface area (TPSA) is 35.8 Å². The van der Waals surface area contributed by atoms with E-state index >= 15 is 0 Å². The minimum atomic E-state index is 0.0213. The number of hydrogen-bond donors (Lipinski definition) is 1. The van der Waals surface area contributed by atoms with Gasteiger partial charge in [-0.15, -0.1) is 0 Å². The van der Waals surface area contributed by atoms with Crippen molar-refractivity contribution in [3.8, 4) is 6.07 Å². The predicted octanol–water partition coefficient (Wildman–Crippen LogP) is 5.53. The van der Waals surface area contributed by atoms with Gasteiger partial charge in [0.05, 0.1) is 32.7 Å². The van der Waals surface area contributed by atoms with Gasteiger partial charge in [0, 0.05) is 6.04 Å². The predicted molar refractivity (Wildman–Crippen MR) is 81.1 cm³/mol. The van der Waals surface area contributed by atoms with Crippen molar-refractivity contribution in [2.75, 3.05) is 5.32 Å². The third-order valence-corrected chi connectivity index (χ3v) is 4.57. The first-order valence-electron chi connectivity index (χ1n) is 6.42. The molecule has 0 amide bonds. The summed E-state index contributed by atoms with van der Waals surface area (Å²) in [6.45, 7) is 0. The molecule has 1 fully saturated rings. The van der Waals surface area contributed by atoms with E-state index in [9.17, 15) is 5.26 Å². The molecule has 0 bridgehead atoms. The maximum Gasteiger partial charge on any atom is 0.0677 e. The lowest BCUT2D eigenvalue weighted by molar-refractivity contribution is 0.514. The first-order valence-corrected chi connectivity index (χ1v) is 7.56. The normalized spacial score (nSPS) is 23.5. The highest BCUT2D eigenvalue weighted by Gasteiger charge is 2.24. The fourth-order valence-corrected chi connectivity index (χ4v) is 3.07. The highest BCUT2D eigenvalue weighted by Crippen LogP contribution is 2.34. The minimum absolute atomic E-state index is 0.0213. The number of nitriles is 1. The van der Waals surface area contributed by atoms with Gasteiger partial charge in [0.15, 0.2) is 0 Å². The number of rotatable bonds is 2. The molecule has 19 heavy (non-hydrogen) atoms. The molecule has 1 aliphatic carbocycles. The van der Waals surface area contributed by atoms with Crippen LogP contribution in [0.3, 0.4) is 0 Å². The maximum absolute atomic E-state index is 9.26. The molecule has 2 nitrogen and oxygen atoms in total. The van der Waals surface area contributed by atoms with Gasteiger partial charge in [-0.05, 0) is 25.0 Å². The summed E-state index contributed by atoms with van der Waals surface area (Å²) in [5, 5.41) is 14.1. The van der Waals surface area contributed by atoms with Gasteiger partial charge in [-0.1, -0.05) is 54.1 Å². The molecule has 1 aliphatic rings. The largest absolute Gasteiger partial charge is 0.380 e. The Morgan fingerprint density at radius 1 is 1.00 bits per heavy atom. The summed E-state index contributed by atoms with van der Waals surface area (Å²) in [5.74, 6) is 0.0213. The summed E-state index contributed by atoms with van der Waals surface area (Å²) in [7, 11) is 0. The summed E-state index contributed by atoms with van der Waals surface area (Å²) in [6, 6.07) is 5.88. The van der Waals surface area contributed by atoms with Crippen LogP contribution >= 0.6 is 34.8 Å². The molecular formula is C14H15Cl3N2. The molecule has 1 saturated carbocycles. The molecule has 2 rings (SSSR count). The van der Waals surface area contributed by atoms with E-state index in [1.807, 2.05) is 0 Å². The average molecular weight is 318 g/mol. The number of halogens is 3. The van der Waals surface area contributed by atoms with E-state index in [0.717, 1.165) is 31.4 Å². The van der Waals surface area contributed by atoms with Crippen LogP contribution in [0.25, 0.3) is 0 Å². The zero-order chi connectivity index (χ0) is 13.8. The molecule has 0 radical (unpaired) electrons. The smallest absolute Gasteiger partial charge is 0.0677 e. The molecule has 0 aliphatic heterocycles. The zero-order valence-electron chi connectivity index (χ0n) is 10.4. The van der Waals surface area contributed by atoms with Gasteiger partial charge in [0.1, 0.15) is 0 Å². The second-order valence-corrected chi connectivity index (χ2v) is 6.09. The lowest BCUT2D eigenvalue weighted by Crippen LogP contribution is -2.27. The van der Waals surface area contributed by atoms with Gasteiger partial charge in [0.2, 0.25) is 0 Å². The van der Waals surface area contributed by atoms with Crippen LogP contribution in [0.5, 0.6) is 0 Å². The Hall–Kier alpha value is -0.620. The fourth-order valence-electron chi connectivity index (χ4n) is 2.47. The summed E-state index contributed by atoms with van der Waals surface area (Å²) in [6.07, 6.45) is 5.35. The number of nitrogens with zero attached hydrogens (tertiary/aromatic N) is 1. The number of hydrogen-bond acceptors (Lipinski definition) is 2. The molecule has 0 heterocycles. The molecule has 0 aromatic heterocycles. The molecule has 2 atom stereocenters. The highest BCUT2D eigenvalue weighted by atomic mass is 35.5. The van der Waals surface area contributed by atoms with Crippen molar-refractivity contribution in [1.29, 1.82) is 5.26 Å². The van der Waals surface area contributed by atoms with Crippen LogP contribution in [0.2, 0.25) is 15.1 Å². The third-order valence-electron chi connectivity index (χ3n) is 3.53. The molecule has 1 N–H and O–H groups in total. The first-order chi connectivity index (χ1) is 9.11. The van der Waals surface area contributed by atoms with E-state index in [1.165, 1.54) is 6.42 Å². The molecule has 102 valence electrons. The van der Waals surface area contributed by atoms with E-state index in [1.54, 1.807) is 12.1 Å². The Balaban J connectivity index is 2.19. The summed E-state index contributed by atoms with van der Waals surface area (Å²) in [5.41, 5.74) is 0.753. The molecule has 0 spiro atoms. The van der Waals surface area contributed by atoms with E-state index in [2.05, 4.69) is 11.4 Å². The van der Waals surface area contributed by atoms with Crippen LogP contribution in [0, 0.1) is 17.2 Å². The molecule has 1 aromatic rings. The second kappa shape index (κ2) is 6.70. The van der Waals surface area contributed by atoms with Crippen molar-refractivity contribution in [1.82, 2.24) is 0 Å². The maximum atomic E-state index is 9.26. The van der Waals surface area contributed by atoms with Crippen LogP contribution in [-0.4, -0.2) is 6.04 Å². The van der Waals surface area contributed by atoms with Crippen LogP contribution in [0.15, 0.2) is 12.1 Å². The molecule has 0 saturated heterocycles. The van der Waals surface area contributed by atoms with E-state index < -0.39 is 0 Å². The highest BCUT2D eigenvalue weighted by molar-refractivity contribution is 6.44. The molecule has 5 heteroatoms. The Bertz CT molecular complexity index is 496. The van der Waals surface area contributed by atoms with Crippen molar-refractivity contribution in [2.45, 2.75) is 38.1 Å². The van der Waals surface area contributed by atoms with Gasteiger partial charge in [-0.25, -0.2) is 0 Å². The van der Waals surface area contributed by atoms with Gasteiger partial charge in [-0.2, -0.15) is 5.26 Å². The standard InChI is InChI=1S/C14H15Cl3N2/c15-10-6-12(17)14(7-11(10)16)19-13-5-3-1-2-4-9(13)8-18/h6-7,9,13,19H,1-5H2. The fraction of sp³-hybridized carbons (Fsp3) is 0.500.